The van der Waals surface area contributed by atoms with E-state index < -0.39 is 5.79 Å². The van der Waals surface area contributed by atoms with Crippen molar-refractivity contribution >= 4 is 0 Å². The molecule has 3 saturated heterocycles. The van der Waals surface area contributed by atoms with E-state index in [2.05, 4.69) is 0 Å². The van der Waals surface area contributed by atoms with Gasteiger partial charge in [0, 0.05) is 26.6 Å². The van der Waals surface area contributed by atoms with Crippen LogP contribution in [0.4, 0.5) is 0 Å². The van der Waals surface area contributed by atoms with Gasteiger partial charge in [-0.05, 0) is 12.8 Å². The van der Waals surface area contributed by atoms with Gasteiger partial charge in [0.25, 0.3) is 0 Å². The molecule has 4 atom stereocenters. The molecule has 0 aromatic rings. The zero-order chi connectivity index (χ0) is 10.3. The predicted octanol–water partition coefficient (Wildman–Crippen LogP) is 1.09. The lowest BCUT2D eigenvalue weighted by Crippen LogP contribution is -2.56. The normalized spacial score (nSPS) is 49.8. The highest BCUT2D eigenvalue weighted by Gasteiger charge is 2.54. The van der Waals surface area contributed by atoms with E-state index >= 15 is 0 Å². The van der Waals surface area contributed by atoms with E-state index in [1.165, 1.54) is 0 Å². The SMILES string of the molecule is CO[C@]12C[C@@H]3OCCC[C@H]3O[C@H]1CCO2. The summed E-state index contributed by atoms with van der Waals surface area (Å²) in [7, 11) is 1.70. The van der Waals surface area contributed by atoms with Gasteiger partial charge in [-0.1, -0.05) is 0 Å². The number of methoxy groups -OCH3 is 1. The van der Waals surface area contributed by atoms with Crippen LogP contribution in [-0.2, 0) is 18.9 Å². The first kappa shape index (κ1) is 10.0. The molecule has 0 amide bonds. The van der Waals surface area contributed by atoms with Gasteiger partial charge in [0.15, 0.2) is 5.79 Å². The van der Waals surface area contributed by atoms with Gasteiger partial charge in [0.1, 0.15) is 6.10 Å². The maximum absolute atomic E-state index is 6.03. The highest BCUT2D eigenvalue weighted by molar-refractivity contribution is 4.96. The van der Waals surface area contributed by atoms with E-state index in [0.29, 0.717) is 0 Å². The Morgan fingerprint density at radius 3 is 3.00 bits per heavy atom. The van der Waals surface area contributed by atoms with Crippen molar-refractivity contribution in [1.82, 2.24) is 0 Å². The van der Waals surface area contributed by atoms with E-state index in [0.717, 1.165) is 38.9 Å². The summed E-state index contributed by atoms with van der Waals surface area (Å²) in [6, 6.07) is 0. The number of hydrogen-bond acceptors (Lipinski definition) is 4. The van der Waals surface area contributed by atoms with Crippen molar-refractivity contribution in [3.63, 3.8) is 0 Å². The van der Waals surface area contributed by atoms with E-state index in [1.807, 2.05) is 0 Å². The van der Waals surface area contributed by atoms with Crippen molar-refractivity contribution in [3.05, 3.63) is 0 Å². The quantitative estimate of drug-likeness (QED) is 0.654. The minimum atomic E-state index is -0.529. The molecule has 0 spiro atoms. The number of rotatable bonds is 1. The molecule has 0 N–H and O–H groups in total. The van der Waals surface area contributed by atoms with Crippen LogP contribution >= 0.6 is 0 Å². The highest BCUT2D eigenvalue weighted by atomic mass is 16.7. The Morgan fingerprint density at radius 1 is 1.20 bits per heavy atom. The molecular formula is C11H18O4. The van der Waals surface area contributed by atoms with Crippen molar-refractivity contribution in [3.8, 4) is 0 Å². The maximum Gasteiger partial charge on any atom is 0.197 e. The Balaban J connectivity index is 1.79. The van der Waals surface area contributed by atoms with Gasteiger partial charge in [0.05, 0.1) is 18.8 Å². The second-order valence-electron chi connectivity index (χ2n) is 4.57. The number of fused-ring (bicyclic) bond motifs is 2. The average Bonchev–Trinajstić information content (AvgIpc) is 2.69. The molecule has 3 heterocycles. The van der Waals surface area contributed by atoms with Gasteiger partial charge in [-0.15, -0.1) is 0 Å². The smallest absolute Gasteiger partial charge is 0.197 e. The lowest BCUT2D eigenvalue weighted by atomic mass is 9.91. The second-order valence-corrected chi connectivity index (χ2v) is 4.57. The summed E-state index contributed by atoms with van der Waals surface area (Å²) in [5.74, 6) is -0.529. The highest BCUT2D eigenvalue weighted by Crippen LogP contribution is 2.42. The minimum Gasteiger partial charge on any atom is -0.375 e. The Morgan fingerprint density at radius 2 is 2.13 bits per heavy atom. The summed E-state index contributed by atoms with van der Waals surface area (Å²) in [4.78, 5) is 0. The van der Waals surface area contributed by atoms with Crippen molar-refractivity contribution in [2.75, 3.05) is 20.3 Å². The Bertz CT molecular complexity index is 245. The van der Waals surface area contributed by atoms with Crippen LogP contribution < -0.4 is 0 Å². The van der Waals surface area contributed by atoms with Gasteiger partial charge in [0.2, 0.25) is 0 Å². The van der Waals surface area contributed by atoms with Crippen molar-refractivity contribution in [2.45, 2.75) is 49.8 Å². The average molecular weight is 214 g/mol. The molecule has 3 aliphatic heterocycles. The molecule has 86 valence electrons. The summed E-state index contributed by atoms with van der Waals surface area (Å²) in [5.41, 5.74) is 0. The van der Waals surface area contributed by atoms with Gasteiger partial charge in [-0.25, -0.2) is 0 Å². The third kappa shape index (κ3) is 1.51. The molecule has 15 heavy (non-hydrogen) atoms. The Hall–Kier alpha value is -0.160. The molecule has 0 aliphatic carbocycles. The molecule has 0 saturated carbocycles. The zero-order valence-corrected chi connectivity index (χ0v) is 9.11. The van der Waals surface area contributed by atoms with Crippen molar-refractivity contribution in [1.29, 1.82) is 0 Å². The lowest BCUT2D eigenvalue weighted by Gasteiger charge is -2.46. The molecule has 0 aromatic heterocycles. The summed E-state index contributed by atoms with van der Waals surface area (Å²) in [5, 5.41) is 0. The molecular weight excluding hydrogens is 196 g/mol. The predicted molar refractivity (Wildman–Crippen MR) is 52.6 cm³/mol. The fourth-order valence-corrected chi connectivity index (χ4v) is 2.94. The molecule has 3 aliphatic rings. The topological polar surface area (TPSA) is 36.9 Å². The van der Waals surface area contributed by atoms with Crippen LogP contribution in [0, 0.1) is 0 Å². The van der Waals surface area contributed by atoms with Crippen LogP contribution in [0.25, 0.3) is 0 Å². The van der Waals surface area contributed by atoms with E-state index in [1.54, 1.807) is 7.11 Å². The standard InChI is InChI=1S/C11H18O4/c1-12-11-7-9-8(3-2-5-13-9)15-10(11)4-6-14-11/h8-10H,2-7H2,1H3/t8-,9+,10+,11+/m1/s1. The second kappa shape index (κ2) is 3.70. The Labute approximate surface area is 89.8 Å². The third-order valence-electron chi connectivity index (χ3n) is 3.77. The van der Waals surface area contributed by atoms with E-state index in [4.69, 9.17) is 18.9 Å². The molecule has 3 rings (SSSR count). The first-order chi connectivity index (χ1) is 7.34. The molecule has 0 radical (unpaired) electrons. The van der Waals surface area contributed by atoms with E-state index in [9.17, 15) is 0 Å². The lowest BCUT2D eigenvalue weighted by molar-refractivity contribution is -0.309. The zero-order valence-electron chi connectivity index (χ0n) is 9.11. The maximum atomic E-state index is 6.03. The van der Waals surface area contributed by atoms with Crippen LogP contribution in [0.1, 0.15) is 25.7 Å². The third-order valence-corrected chi connectivity index (χ3v) is 3.77. The first-order valence-electron chi connectivity index (χ1n) is 5.80. The molecule has 0 bridgehead atoms. The fraction of sp³-hybridized carbons (Fsp3) is 1.00. The fourth-order valence-electron chi connectivity index (χ4n) is 2.94. The van der Waals surface area contributed by atoms with Crippen LogP contribution in [0.2, 0.25) is 0 Å². The summed E-state index contributed by atoms with van der Waals surface area (Å²) in [6.45, 7) is 1.58. The van der Waals surface area contributed by atoms with Crippen LogP contribution in [-0.4, -0.2) is 44.4 Å². The molecule has 4 heteroatoms. The van der Waals surface area contributed by atoms with Crippen LogP contribution in [0.15, 0.2) is 0 Å². The molecule has 0 aromatic carbocycles. The minimum absolute atomic E-state index is 0.102. The molecule has 4 nitrogen and oxygen atoms in total. The number of ether oxygens (including phenoxy) is 4. The van der Waals surface area contributed by atoms with Gasteiger partial charge >= 0.3 is 0 Å². The summed E-state index contributed by atoms with van der Waals surface area (Å²) < 4.78 is 23.0. The number of hydrogen-bond donors (Lipinski definition) is 0. The largest absolute Gasteiger partial charge is 0.375 e. The summed E-state index contributed by atoms with van der Waals surface area (Å²) >= 11 is 0. The molecule has 3 fully saturated rings. The monoisotopic (exact) mass is 214 g/mol. The van der Waals surface area contributed by atoms with Crippen LogP contribution in [0.5, 0.6) is 0 Å². The van der Waals surface area contributed by atoms with Gasteiger partial charge in [-0.3, -0.25) is 0 Å². The first-order valence-corrected chi connectivity index (χ1v) is 5.80. The van der Waals surface area contributed by atoms with Crippen molar-refractivity contribution in [2.24, 2.45) is 0 Å². The summed E-state index contributed by atoms with van der Waals surface area (Å²) in [6.07, 6.45) is 4.50. The van der Waals surface area contributed by atoms with Gasteiger partial charge < -0.3 is 18.9 Å². The molecule has 0 unspecified atom stereocenters. The Kier molecular flexibility index (Phi) is 2.47. The van der Waals surface area contributed by atoms with E-state index in [-0.39, 0.29) is 18.3 Å². The van der Waals surface area contributed by atoms with Gasteiger partial charge in [-0.2, -0.15) is 0 Å². The van der Waals surface area contributed by atoms with Crippen LogP contribution in [0.3, 0.4) is 0 Å². The van der Waals surface area contributed by atoms with Crippen molar-refractivity contribution < 1.29 is 18.9 Å².